The van der Waals surface area contributed by atoms with Crippen LogP contribution in [0.15, 0.2) is 22.0 Å². The molecule has 5 rings (SSSR count). The number of carbonyl (C=O) groups is 1. The molecule has 29 heavy (non-hydrogen) atoms. The fourth-order valence-electron chi connectivity index (χ4n) is 3.68. The molecular weight excluding hydrogens is 414 g/mol. The van der Waals surface area contributed by atoms with Crippen molar-refractivity contribution in [1.82, 2.24) is 35.5 Å². The Morgan fingerprint density at radius 3 is 2.93 bits per heavy atom. The largest absolute Gasteiger partial charge is 0.338 e. The number of rotatable bonds is 4. The number of nitrogens with zero attached hydrogens (tertiary/aromatic N) is 5. The first-order valence-corrected chi connectivity index (χ1v) is 10.3. The van der Waals surface area contributed by atoms with Gasteiger partial charge in [0.25, 0.3) is 5.91 Å². The molecule has 0 spiro atoms. The topological polar surface area (TPSA) is 103 Å². The molecule has 154 valence electrons. The van der Waals surface area contributed by atoms with E-state index in [1.54, 1.807) is 11.3 Å². The van der Waals surface area contributed by atoms with Gasteiger partial charge in [-0.15, -0.1) is 23.7 Å². The van der Waals surface area contributed by atoms with Crippen molar-refractivity contribution in [2.24, 2.45) is 0 Å². The maximum absolute atomic E-state index is 12.9. The molecule has 0 atom stereocenters. The van der Waals surface area contributed by atoms with Crippen molar-refractivity contribution in [3.05, 3.63) is 40.4 Å². The van der Waals surface area contributed by atoms with Crippen LogP contribution in [0.4, 0.5) is 0 Å². The third-order valence-corrected chi connectivity index (χ3v) is 6.10. The number of piperazine rings is 1. The summed E-state index contributed by atoms with van der Waals surface area (Å²) in [7, 11) is 0. The van der Waals surface area contributed by atoms with Crippen LogP contribution in [0.5, 0.6) is 0 Å². The van der Waals surface area contributed by atoms with Crippen molar-refractivity contribution in [2.75, 3.05) is 32.7 Å². The van der Waals surface area contributed by atoms with E-state index < -0.39 is 0 Å². The van der Waals surface area contributed by atoms with E-state index in [4.69, 9.17) is 4.52 Å². The third-order valence-electron chi connectivity index (χ3n) is 5.24. The predicted molar refractivity (Wildman–Crippen MR) is 110 cm³/mol. The molecule has 3 aromatic heterocycles. The van der Waals surface area contributed by atoms with E-state index in [-0.39, 0.29) is 18.3 Å². The molecule has 11 heteroatoms. The van der Waals surface area contributed by atoms with Crippen molar-refractivity contribution in [3.63, 3.8) is 0 Å². The molecule has 1 fully saturated rings. The lowest BCUT2D eigenvalue weighted by Gasteiger charge is -2.33. The van der Waals surface area contributed by atoms with E-state index >= 15 is 0 Å². The van der Waals surface area contributed by atoms with Crippen LogP contribution in [0.2, 0.25) is 0 Å². The summed E-state index contributed by atoms with van der Waals surface area (Å²) in [5, 5.41) is 16.7. The van der Waals surface area contributed by atoms with E-state index in [1.165, 1.54) is 0 Å². The standard InChI is InChI=1S/C18H21N7O2S.ClH/c26-18(16-12-10-19-4-3-13(12)21-22-16)25-7-5-24(6-8-25)11-15-20-17(23-27-15)14-2-1-9-28-14;/h1-2,9,19H,3-8,10-11H2,(H,21,22);1H. The van der Waals surface area contributed by atoms with Gasteiger partial charge in [-0.3, -0.25) is 14.8 Å². The van der Waals surface area contributed by atoms with Crippen molar-refractivity contribution >= 4 is 29.7 Å². The molecule has 1 amide bonds. The Labute approximate surface area is 177 Å². The van der Waals surface area contributed by atoms with Crippen molar-refractivity contribution < 1.29 is 9.32 Å². The van der Waals surface area contributed by atoms with E-state index in [0.29, 0.717) is 43.6 Å². The van der Waals surface area contributed by atoms with Gasteiger partial charge in [-0.05, 0) is 11.4 Å². The zero-order valence-electron chi connectivity index (χ0n) is 15.8. The summed E-state index contributed by atoms with van der Waals surface area (Å²) >= 11 is 1.59. The molecule has 0 aromatic carbocycles. The maximum atomic E-state index is 12.9. The smallest absolute Gasteiger partial charge is 0.274 e. The van der Waals surface area contributed by atoms with E-state index in [9.17, 15) is 4.79 Å². The first-order chi connectivity index (χ1) is 13.8. The number of fused-ring (bicyclic) bond motifs is 1. The molecule has 0 saturated carbocycles. The van der Waals surface area contributed by atoms with Gasteiger partial charge < -0.3 is 14.7 Å². The minimum Gasteiger partial charge on any atom is -0.338 e. The van der Waals surface area contributed by atoms with Gasteiger partial charge in [-0.1, -0.05) is 11.2 Å². The first kappa shape index (κ1) is 20.0. The Balaban J connectivity index is 0.00000205. The summed E-state index contributed by atoms with van der Waals surface area (Å²) in [6, 6.07) is 3.95. The van der Waals surface area contributed by atoms with Gasteiger partial charge in [0.2, 0.25) is 11.7 Å². The number of carbonyl (C=O) groups excluding carboxylic acids is 1. The minimum absolute atomic E-state index is 0. The lowest BCUT2D eigenvalue weighted by Crippen LogP contribution is -2.48. The number of aromatic amines is 1. The van der Waals surface area contributed by atoms with Gasteiger partial charge in [-0.25, -0.2) is 0 Å². The Morgan fingerprint density at radius 1 is 1.28 bits per heavy atom. The van der Waals surface area contributed by atoms with E-state index in [1.807, 2.05) is 22.4 Å². The average Bonchev–Trinajstić information content (AvgIpc) is 3.48. The van der Waals surface area contributed by atoms with Crippen LogP contribution in [-0.2, 0) is 19.5 Å². The highest BCUT2D eigenvalue weighted by Gasteiger charge is 2.28. The average molecular weight is 436 g/mol. The fraction of sp³-hybridized carbons (Fsp3) is 0.444. The molecule has 1 saturated heterocycles. The van der Waals surface area contributed by atoms with Crippen LogP contribution in [0, 0.1) is 0 Å². The molecule has 2 aliphatic heterocycles. The lowest BCUT2D eigenvalue weighted by atomic mass is 10.1. The number of H-pyrrole nitrogens is 1. The van der Waals surface area contributed by atoms with Crippen LogP contribution in [0.1, 0.15) is 27.6 Å². The van der Waals surface area contributed by atoms with Gasteiger partial charge >= 0.3 is 0 Å². The van der Waals surface area contributed by atoms with Gasteiger partial charge in [0, 0.05) is 56.9 Å². The van der Waals surface area contributed by atoms with E-state index in [2.05, 4.69) is 30.6 Å². The molecule has 9 nitrogen and oxygen atoms in total. The number of amides is 1. The predicted octanol–water partition coefficient (Wildman–Crippen LogP) is 1.55. The molecule has 0 radical (unpaired) electrons. The second-order valence-corrected chi connectivity index (χ2v) is 7.96. The summed E-state index contributed by atoms with van der Waals surface area (Å²) in [5.74, 6) is 1.25. The summed E-state index contributed by atoms with van der Waals surface area (Å²) in [6.07, 6.45) is 0.890. The van der Waals surface area contributed by atoms with Gasteiger partial charge in [0.05, 0.1) is 11.4 Å². The van der Waals surface area contributed by atoms with Crippen LogP contribution in [0.3, 0.4) is 0 Å². The Morgan fingerprint density at radius 2 is 2.14 bits per heavy atom. The van der Waals surface area contributed by atoms with Crippen LogP contribution in [-0.4, -0.2) is 68.8 Å². The number of thiophene rings is 1. The highest BCUT2D eigenvalue weighted by atomic mass is 35.5. The summed E-state index contributed by atoms with van der Waals surface area (Å²) in [6.45, 7) is 5.10. The molecule has 0 aliphatic carbocycles. The second-order valence-electron chi connectivity index (χ2n) is 7.01. The SMILES string of the molecule is Cl.O=C(c1n[nH]c2c1CNCC2)N1CCN(Cc2nc(-c3cccs3)no2)CC1. The van der Waals surface area contributed by atoms with Crippen molar-refractivity contribution in [2.45, 2.75) is 19.5 Å². The van der Waals surface area contributed by atoms with Crippen LogP contribution >= 0.6 is 23.7 Å². The summed E-state index contributed by atoms with van der Waals surface area (Å²) in [4.78, 5) is 22.5. The molecule has 2 N–H and O–H groups in total. The fourth-order valence-corrected chi connectivity index (χ4v) is 4.33. The molecule has 0 bridgehead atoms. The molecular formula is C18H22ClN7O2S. The first-order valence-electron chi connectivity index (χ1n) is 9.43. The second kappa shape index (κ2) is 8.62. The monoisotopic (exact) mass is 435 g/mol. The third kappa shape index (κ3) is 4.06. The maximum Gasteiger partial charge on any atom is 0.274 e. The highest BCUT2D eigenvalue weighted by Crippen LogP contribution is 2.22. The van der Waals surface area contributed by atoms with Crippen molar-refractivity contribution in [1.29, 1.82) is 0 Å². The zero-order valence-corrected chi connectivity index (χ0v) is 17.4. The van der Waals surface area contributed by atoms with Gasteiger partial charge in [0.15, 0.2) is 5.69 Å². The Hall–Kier alpha value is -2.27. The lowest BCUT2D eigenvalue weighted by molar-refractivity contribution is 0.0608. The number of halogens is 1. The summed E-state index contributed by atoms with van der Waals surface area (Å²) in [5.41, 5.74) is 2.66. The quantitative estimate of drug-likeness (QED) is 0.640. The molecule has 2 aliphatic rings. The number of hydrogen-bond acceptors (Lipinski definition) is 8. The van der Waals surface area contributed by atoms with Crippen molar-refractivity contribution in [3.8, 4) is 10.7 Å². The van der Waals surface area contributed by atoms with E-state index in [0.717, 1.165) is 42.2 Å². The highest BCUT2D eigenvalue weighted by molar-refractivity contribution is 7.13. The molecule has 0 unspecified atom stereocenters. The molecule has 3 aromatic rings. The van der Waals surface area contributed by atoms with Gasteiger partial charge in [0.1, 0.15) is 0 Å². The number of aromatic nitrogens is 4. The molecule has 5 heterocycles. The van der Waals surface area contributed by atoms with Crippen LogP contribution < -0.4 is 5.32 Å². The number of nitrogens with one attached hydrogen (secondary N) is 2. The summed E-state index contributed by atoms with van der Waals surface area (Å²) < 4.78 is 5.39. The number of hydrogen-bond donors (Lipinski definition) is 2. The zero-order chi connectivity index (χ0) is 18.9. The Kier molecular flexibility index (Phi) is 5.95. The Bertz CT molecular complexity index is 963. The van der Waals surface area contributed by atoms with Gasteiger partial charge in [-0.2, -0.15) is 10.1 Å². The minimum atomic E-state index is 0. The van der Waals surface area contributed by atoms with Crippen LogP contribution in [0.25, 0.3) is 10.7 Å². The normalized spacial score (nSPS) is 17.0.